The van der Waals surface area contributed by atoms with E-state index in [1.54, 1.807) is 0 Å². The van der Waals surface area contributed by atoms with Crippen LogP contribution in [-0.4, -0.2) is 33.3 Å². The third-order valence-electron chi connectivity index (χ3n) is 2.30. The molecule has 2 rings (SSSR count). The lowest BCUT2D eigenvalue weighted by Crippen LogP contribution is -2.26. The van der Waals surface area contributed by atoms with Crippen LogP contribution >= 0.6 is 11.6 Å². The number of nitrogen functional groups attached to an aromatic ring is 1. The Labute approximate surface area is 109 Å². The second-order valence-corrected chi connectivity index (χ2v) is 3.89. The van der Waals surface area contributed by atoms with Crippen molar-refractivity contribution in [2.24, 2.45) is 0 Å². The van der Waals surface area contributed by atoms with Gasteiger partial charge in [-0.05, 0) is 12.1 Å². The smallest absolute Gasteiger partial charge is 0.275 e. The summed E-state index contributed by atoms with van der Waals surface area (Å²) in [6, 6.07) is 9.23. The molecule has 3 N–H and O–H groups in total. The number of anilines is 1. The van der Waals surface area contributed by atoms with Crippen LogP contribution < -0.4 is 11.1 Å². The van der Waals surface area contributed by atoms with E-state index in [2.05, 4.69) is 15.6 Å². The Balaban J connectivity index is 2.27. The number of alkyl halides is 1. The lowest BCUT2D eigenvalue weighted by atomic mass is 10.3. The average Bonchev–Trinajstić information content (AvgIpc) is 2.79. The Morgan fingerprint density at radius 3 is 2.78 bits per heavy atom. The van der Waals surface area contributed by atoms with E-state index in [4.69, 9.17) is 17.3 Å². The molecule has 1 aromatic carbocycles. The number of hydrogen-bond acceptors (Lipinski definition) is 4. The predicted octanol–water partition coefficient (Wildman–Crippen LogP) is 0.818. The highest BCUT2D eigenvalue weighted by Crippen LogP contribution is 2.14. The molecule has 2 aromatic rings. The fourth-order valence-electron chi connectivity index (χ4n) is 1.46. The monoisotopic (exact) mass is 265 g/mol. The van der Waals surface area contributed by atoms with Crippen molar-refractivity contribution in [2.45, 2.75) is 0 Å². The van der Waals surface area contributed by atoms with E-state index in [0.29, 0.717) is 12.4 Å². The molecule has 0 saturated carbocycles. The molecule has 6 nitrogen and oxygen atoms in total. The Morgan fingerprint density at radius 1 is 1.39 bits per heavy atom. The normalized spacial score (nSPS) is 10.3. The second-order valence-electron chi connectivity index (χ2n) is 3.52. The minimum Gasteiger partial charge on any atom is -0.382 e. The molecule has 0 atom stereocenters. The van der Waals surface area contributed by atoms with Gasteiger partial charge < -0.3 is 11.1 Å². The number of nitrogens with one attached hydrogen (secondary N) is 1. The van der Waals surface area contributed by atoms with Crippen molar-refractivity contribution in [3.8, 4) is 5.69 Å². The first-order valence-corrected chi connectivity index (χ1v) is 5.88. The van der Waals surface area contributed by atoms with Gasteiger partial charge in [-0.15, -0.1) is 16.7 Å². The van der Waals surface area contributed by atoms with Crippen molar-refractivity contribution >= 4 is 23.3 Å². The Kier molecular flexibility index (Phi) is 3.78. The maximum atomic E-state index is 11.7. The van der Waals surface area contributed by atoms with Crippen molar-refractivity contribution < 1.29 is 4.79 Å². The number of amides is 1. The molecule has 7 heteroatoms. The van der Waals surface area contributed by atoms with Crippen molar-refractivity contribution in [3.63, 3.8) is 0 Å². The van der Waals surface area contributed by atoms with Crippen molar-refractivity contribution in [1.29, 1.82) is 0 Å². The zero-order chi connectivity index (χ0) is 13.0. The van der Waals surface area contributed by atoms with Crippen LogP contribution in [-0.2, 0) is 0 Å². The number of para-hydroxylation sites is 1. The highest BCUT2D eigenvalue weighted by atomic mass is 35.5. The minimum absolute atomic E-state index is 0.101. The zero-order valence-electron chi connectivity index (χ0n) is 9.51. The topological polar surface area (TPSA) is 85.8 Å². The van der Waals surface area contributed by atoms with Gasteiger partial charge in [0.2, 0.25) is 0 Å². The van der Waals surface area contributed by atoms with Gasteiger partial charge in [-0.1, -0.05) is 23.4 Å². The van der Waals surface area contributed by atoms with Crippen molar-refractivity contribution in [3.05, 3.63) is 36.0 Å². The summed E-state index contributed by atoms with van der Waals surface area (Å²) in [6.45, 7) is 0.359. The summed E-state index contributed by atoms with van der Waals surface area (Å²) >= 11 is 5.49. The van der Waals surface area contributed by atoms with Gasteiger partial charge in [-0.25, -0.2) is 0 Å². The molecule has 1 amide bonds. The van der Waals surface area contributed by atoms with Gasteiger partial charge in [0.25, 0.3) is 5.91 Å². The molecule has 0 unspecified atom stereocenters. The van der Waals surface area contributed by atoms with E-state index in [1.807, 2.05) is 30.3 Å². The number of hydrogen-bond donors (Lipinski definition) is 2. The van der Waals surface area contributed by atoms with Gasteiger partial charge in [0.1, 0.15) is 0 Å². The largest absolute Gasteiger partial charge is 0.382 e. The third kappa shape index (κ3) is 2.43. The first-order chi connectivity index (χ1) is 8.74. The average molecular weight is 266 g/mol. The zero-order valence-corrected chi connectivity index (χ0v) is 10.3. The third-order valence-corrected chi connectivity index (χ3v) is 2.49. The van der Waals surface area contributed by atoms with Crippen LogP contribution in [0.25, 0.3) is 5.69 Å². The quantitative estimate of drug-likeness (QED) is 0.802. The Hall–Kier alpha value is -2.08. The van der Waals surface area contributed by atoms with Gasteiger partial charge in [0.05, 0.1) is 5.69 Å². The molecule has 1 heterocycles. The Morgan fingerprint density at radius 2 is 2.11 bits per heavy atom. The lowest BCUT2D eigenvalue weighted by molar-refractivity contribution is 0.0952. The summed E-state index contributed by atoms with van der Waals surface area (Å²) in [4.78, 5) is 11.7. The van der Waals surface area contributed by atoms with Gasteiger partial charge in [-0.2, -0.15) is 4.68 Å². The standard InChI is InChI=1S/C11H12ClN5O/c12-6-7-14-11(18)9-10(13)17(16-15-9)8-4-2-1-3-5-8/h1-5H,6-7,13H2,(H,14,18). The maximum absolute atomic E-state index is 11.7. The van der Waals surface area contributed by atoms with Gasteiger partial charge in [0.15, 0.2) is 11.5 Å². The van der Waals surface area contributed by atoms with Crippen LogP contribution in [0, 0.1) is 0 Å². The van der Waals surface area contributed by atoms with Crippen LogP contribution in [0.1, 0.15) is 10.5 Å². The van der Waals surface area contributed by atoms with E-state index < -0.39 is 0 Å². The van der Waals surface area contributed by atoms with Crippen molar-refractivity contribution in [2.75, 3.05) is 18.2 Å². The number of carbonyl (C=O) groups excluding carboxylic acids is 1. The summed E-state index contributed by atoms with van der Waals surface area (Å²) in [5.41, 5.74) is 6.70. The number of nitrogens with two attached hydrogens (primary N) is 1. The van der Waals surface area contributed by atoms with E-state index in [9.17, 15) is 4.79 Å². The summed E-state index contributed by atoms with van der Waals surface area (Å²) in [5.74, 6) is 0.155. The van der Waals surface area contributed by atoms with Crippen LogP contribution in [0.2, 0.25) is 0 Å². The van der Waals surface area contributed by atoms with Gasteiger partial charge >= 0.3 is 0 Å². The molecular formula is C11H12ClN5O. The summed E-state index contributed by atoms with van der Waals surface area (Å²) < 4.78 is 1.41. The second kappa shape index (κ2) is 5.50. The first-order valence-electron chi connectivity index (χ1n) is 5.35. The molecular weight excluding hydrogens is 254 g/mol. The van der Waals surface area contributed by atoms with E-state index in [1.165, 1.54) is 4.68 Å². The highest BCUT2D eigenvalue weighted by Gasteiger charge is 2.17. The molecule has 0 aliphatic rings. The molecule has 94 valence electrons. The molecule has 0 radical (unpaired) electrons. The fraction of sp³-hybridized carbons (Fsp3) is 0.182. The van der Waals surface area contributed by atoms with Crippen LogP contribution in [0.5, 0.6) is 0 Å². The SMILES string of the molecule is Nc1c(C(=O)NCCCl)nnn1-c1ccccc1. The van der Waals surface area contributed by atoms with E-state index in [0.717, 1.165) is 5.69 Å². The number of carbonyl (C=O) groups is 1. The predicted molar refractivity (Wildman–Crippen MR) is 68.8 cm³/mol. The van der Waals surface area contributed by atoms with Crippen LogP contribution in [0.4, 0.5) is 5.82 Å². The van der Waals surface area contributed by atoms with Crippen molar-refractivity contribution in [1.82, 2.24) is 20.3 Å². The van der Waals surface area contributed by atoms with Gasteiger partial charge in [0, 0.05) is 12.4 Å². The van der Waals surface area contributed by atoms with E-state index >= 15 is 0 Å². The molecule has 0 bridgehead atoms. The highest BCUT2D eigenvalue weighted by molar-refractivity contribution is 6.18. The molecule has 0 aliphatic carbocycles. The van der Waals surface area contributed by atoms with E-state index in [-0.39, 0.29) is 17.4 Å². The summed E-state index contributed by atoms with van der Waals surface area (Å²) in [5, 5.41) is 10.2. The maximum Gasteiger partial charge on any atom is 0.275 e. The Bertz CT molecular complexity index is 540. The number of halogens is 1. The number of rotatable bonds is 4. The molecule has 0 saturated heterocycles. The summed E-state index contributed by atoms with van der Waals surface area (Å²) in [7, 11) is 0. The molecule has 0 aliphatic heterocycles. The van der Waals surface area contributed by atoms with Crippen LogP contribution in [0.3, 0.4) is 0 Å². The number of benzene rings is 1. The first kappa shape index (κ1) is 12.4. The molecule has 1 aromatic heterocycles. The van der Waals surface area contributed by atoms with Gasteiger partial charge in [-0.3, -0.25) is 4.79 Å². The fourth-order valence-corrected chi connectivity index (χ4v) is 1.55. The van der Waals surface area contributed by atoms with Crippen LogP contribution in [0.15, 0.2) is 30.3 Å². The molecule has 0 fully saturated rings. The number of nitrogens with zero attached hydrogens (tertiary/aromatic N) is 3. The minimum atomic E-state index is -0.379. The lowest BCUT2D eigenvalue weighted by Gasteiger charge is -2.03. The molecule has 18 heavy (non-hydrogen) atoms. The summed E-state index contributed by atoms with van der Waals surface area (Å²) in [6.07, 6.45) is 0. The number of aromatic nitrogens is 3. The molecule has 0 spiro atoms.